The van der Waals surface area contributed by atoms with E-state index in [0.717, 1.165) is 29.8 Å². The van der Waals surface area contributed by atoms with Gasteiger partial charge in [0.25, 0.3) is 5.91 Å². The molecule has 1 atom stereocenters. The number of amides is 2. The van der Waals surface area contributed by atoms with Gasteiger partial charge in [0.2, 0.25) is 5.91 Å². The van der Waals surface area contributed by atoms with Crippen molar-refractivity contribution in [2.75, 3.05) is 6.54 Å². The van der Waals surface area contributed by atoms with Gasteiger partial charge in [0, 0.05) is 24.7 Å². The third kappa shape index (κ3) is 4.54. The number of imide groups is 1. The summed E-state index contributed by atoms with van der Waals surface area (Å²) < 4.78 is 15.1. The van der Waals surface area contributed by atoms with Crippen LogP contribution in [0.25, 0.3) is 11.4 Å². The number of benzene rings is 2. The minimum atomic E-state index is -0.430. The highest BCUT2D eigenvalue weighted by Crippen LogP contribution is 2.31. The summed E-state index contributed by atoms with van der Waals surface area (Å²) >= 11 is 1.34. The number of halogens is 1. The van der Waals surface area contributed by atoms with Gasteiger partial charge >= 0.3 is 0 Å². The van der Waals surface area contributed by atoms with Crippen molar-refractivity contribution in [3.63, 3.8) is 0 Å². The van der Waals surface area contributed by atoms with Gasteiger partial charge in [-0.3, -0.25) is 14.5 Å². The Balaban J connectivity index is 1.54. The number of hydrogen-bond donors (Lipinski definition) is 0. The van der Waals surface area contributed by atoms with Gasteiger partial charge in [0.1, 0.15) is 5.82 Å². The molecular weight excluding hydrogens is 415 g/mol. The van der Waals surface area contributed by atoms with Gasteiger partial charge in [-0.2, -0.15) is 0 Å². The molecule has 4 rings (SSSR count). The molecule has 8 heteroatoms. The van der Waals surface area contributed by atoms with Crippen LogP contribution in [0.5, 0.6) is 0 Å². The topological polar surface area (TPSA) is 68.1 Å². The Labute approximate surface area is 184 Å². The summed E-state index contributed by atoms with van der Waals surface area (Å²) in [5.74, 6) is -0.325. The van der Waals surface area contributed by atoms with E-state index >= 15 is 0 Å². The second-order valence-corrected chi connectivity index (χ2v) is 8.81. The largest absolute Gasteiger partial charge is 0.305 e. The molecule has 160 valence electrons. The monoisotopic (exact) mass is 438 g/mol. The van der Waals surface area contributed by atoms with Crippen LogP contribution in [0.15, 0.2) is 53.7 Å². The molecule has 1 saturated heterocycles. The summed E-state index contributed by atoms with van der Waals surface area (Å²) in [6.07, 6.45) is 2.23. The number of likely N-dealkylation sites (tertiary alicyclic amines) is 1. The molecule has 1 unspecified atom stereocenters. The van der Waals surface area contributed by atoms with Crippen molar-refractivity contribution in [1.29, 1.82) is 0 Å². The molecule has 6 nitrogen and oxygen atoms in total. The quantitative estimate of drug-likeness (QED) is 0.570. The molecule has 0 spiro atoms. The number of rotatable bonds is 4. The summed E-state index contributed by atoms with van der Waals surface area (Å²) in [7, 11) is 1.88. The Morgan fingerprint density at radius 1 is 1.06 bits per heavy atom. The van der Waals surface area contributed by atoms with Crippen molar-refractivity contribution in [1.82, 2.24) is 19.7 Å². The van der Waals surface area contributed by atoms with Crippen LogP contribution in [0.4, 0.5) is 4.39 Å². The summed E-state index contributed by atoms with van der Waals surface area (Å²) in [6.45, 7) is 2.39. The molecule has 1 aliphatic rings. The average molecular weight is 439 g/mol. The SMILES string of the molecule is Cc1ccc(-c2nnc(SC3CCCCN(C(=O)c4ccc(F)cc4)C3=O)n2C)cc1. The first kappa shape index (κ1) is 21.2. The Morgan fingerprint density at radius 2 is 1.77 bits per heavy atom. The molecule has 0 bridgehead atoms. The van der Waals surface area contributed by atoms with E-state index in [9.17, 15) is 14.0 Å². The second kappa shape index (κ2) is 9.01. The first-order valence-electron chi connectivity index (χ1n) is 10.2. The molecule has 0 radical (unpaired) electrons. The number of hydrogen-bond acceptors (Lipinski definition) is 5. The van der Waals surface area contributed by atoms with Gasteiger partial charge in [-0.05, 0) is 44.0 Å². The highest BCUT2D eigenvalue weighted by Gasteiger charge is 2.33. The van der Waals surface area contributed by atoms with Crippen molar-refractivity contribution >= 4 is 23.6 Å². The van der Waals surface area contributed by atoms with Crippen LogP contribution in [0.3, 0.4) is 0 Å². The van der Waals surface area contributed by atoms with E-state index in [1.165, 1.54) is 40.9 Å². The lowest BCUT2D eigenvalue weighted by Crippen LogP contribution is -2.41. The highest BCUT2D eigenvalue weighted by molar-refractivity contribution is 8.00. The smallest absolute Gasteiger partial charge is 0.260 e. The molecule has 31 heavy (non-hydrogen) atoms. The number of aromatic nitrogens is 3. The minimum Gasteiger partial charge on any atom is -0.305 e. The predicted octanol–water partition coefficient (Wildman–Crippen LogP) is 4.24. The summed E-state index contributed by atoms with van der Waals surface area (Å²) in [4.78, 5) is 27.4. The third-order valence-corrected chi connectivity index (χ3v) is 6.66. The summed E-state index contributed by atoms with van der Waals surface area (Å²) in [5, 5.41) is 8.79. The summed E-state index contributed by atoms with van der Waals surface area (Å²) in [6, 6.07) is 13.3. The number of carbonyl (C=O) groups is 2. The molecule has 0 saturated carbocycles. The highest BCUT2D eigenvalue weighted by atomic mass is 32.2. The molecule has 1 aromatic heterocycles. The zero-order valence-electron chi connectivity index (χ0n) is 17.4. The molecule has 3 aromatic rings. The van der Waals surface area contributed by atoms with Crippen molar-refractivity contribution in [2.24, 2.45) is 7.05 Å². The first-order chi connectivity index (χ1) is 14.9. The molecule has 1 aliphatic heterocycles. The fourth-order valence-corrected chi connectivity index (χ4v) is 4.66. The minimum absolute atomic E-state index is 0.239. The van der Waals surface area contributed by atoms with Crippen LogP contribution in [-0.2, 0) is 11.8 Å². The Morgan fingerprint density at radius 3 is 2.48 bits per heavy atom. The van der Waals surface area contributed by atoms with Gasteiger partial charge in [-0.15, -0.1) is 10.2 Å². The van der Waals surface area contributed by atoms with Crippen LogP contribution in [0.1, 0.15) is 35.2 Å². The Bertz CT molecular complexity index is 1100. The van der Waals surface area contributed by atoms with E-state index in [1.54, 1.807) is 0 Å². The third-order valence-electron chi connectivity index (χ3n) is 5.37. The fourth-order valence-electron chi connectivity index (χ4n) is 3.57. The molecule has 0 N–H and O–H groups in total. The number of nitrogens with zero attached hydrogens (tertiary/aromatic N) is 4. The maximum Gasteiger partial charge on any atom is 0.260 e. The molecule has 0 aliphatic carbocycles. The van der Waals surface area contributed by atoms with E-state index in [-0.39, 0.29) is 5.91 Å². The molecular formula is C23H23FN4O2S. The maximum atomic E-state index is 13.2. The van der Waals surface area contributed by atoms with Gasteiger partial charge in [0.15, 0.2) is 11.0 Å². The number of thioether (sulfide) groups is 1. The summed E-state index contributed by atoms with van der Waals surface area (Å²) in [5.41, 5.74) is 2.42. The normalized spacial score (nSPS) is 16.9. The second-order valence-electron chi connectivity index (χ2n) is 7.64. The number of aryl methyl sites for hydroxylation is 1. The van der Waals surface area contributed by atoms with E-state index in [0.29, 0.717) is 23.7 Å². The van der Waals surface area contributed by atoms with Crippen molar-refractivity contribution in [3.8, 4) is 11.4 Å². The molecule has 1 fully saturated rings. The maximum absolute atomic E-state index is 13.2. The van der Waals surface area contributed by atoms with Crippen LogP contribution < -0.4 is 0 Å². The van der Waals surface area contributed by atoms with Crippen LogP contribution in [0, 0.1) is 12.7 Å². The van der Waals surface area contributed by atoms with Crippen LogP contribution in [-0.4, -0.2) is 43.3 Å². The zero-order valence-corrected chi connectivity index (χ0v) is 18.2. The van der Waals surface area contributed by atoms with Crippen molar-refractivity contribution in [3.05, 3.63) is 65.5 Å². The molecule has 2 aromatic carbocycles. The molecule has 2 heterocycles. The lowest BCUT2D eigenvalue weighted by Gasteiger charge is -2.22. The lowest BCUT2D eigenvalue weighted by atomic mass is 10.1. The van der Waals surface area contributed by atoms with Crippen molar-refractivity contribution < 1.29 is 14.0 Å². The average Bonchev–Trinajstić information content (AvgIpc) is 3.02. The van der Waals surface area contributed by atoms with E-state index in [2.05, 4.69) is 10.2 Å². The fraction of sp³-hybridized carbons (Fsp3) is 0.304. The van der Waals surface area contributed by atoms with Gasteiger partial charge in [-0.1, -0.05) is 48.0 Å². The van der Waals surface area contributed by atoms with Crippen LogP contribution in [0.2, 0.25) is 0 Å². The molecule has 2 amide bonds. The van der Waals surface area contributed by atoms with Crippen LogP contribution >= 0.6 is 11.8 Å². The lowest BCUT2D eigenvalue weighted by molar-refractivity contribution is -0.127. The predicted molar refractivity (Wildman–Crippen MR) is 117 cm³/mol. The number of carbonyl (C=O) groups excluding carboxylic acids is 2. The Kier molecular flexibility index (Phi) is 6.18. The van der Waals surface area contributed by atoms with E-state index in [1.807, 2.05) is 42.8 Å². The van der Waals surface area contributed by atoms with Crippen molar-refractivity contribution in [2.45, 2.75) is 36.6 Å². The van der Waals surface area contributed by atoms with Gasteiger partial charge in [-0.25, -0.2) is 4.39 Å². The van der Waals surface area contributed by atoms with E-state index < -0.39 is 17.0 Å². The standard InChI is InChI=1S/C23H23FN4O2S/c1-15-6-8-16(9-7-15)20-25-26-23(27(20)2)31-19-5-3-4-14-28(22(19)30)21(29)17-10-12-18(24)13-11-17/h6-13,19H,3-5,14H2,1-2H3. The van der Waals surface area contributed by atoms with Gasteiger partial charge in [0.05, 0.1) is 5.25 Å². The van der Waals surface area contributed by atoms with Gasteiger partial charge < -0.3 is 4.57 Å². The van der Waals surface area contributed by atoms with E-state index in [4.69, 9.17) is 0 Å². The first-order valence-corrected chi connectivity index (χ1v) is 11.1. The Hall–Kier alpha value is -3.00. The zero-order chi connectivity index (χ0) is 22.0.